The van der Waals surface area contributed by atoms with Crippen LogP contribution < -0.4 is 10.1 Å². The first-order valence-electron chi connectivity index (χ1n) is 7.54. The summed E-state index contributed by atoms with van der Waals surface area (Å²) in [5, 5.41) is 13.0. The van der Waals surface area contributed by atoms with Gasteiger partial charge in [-0.15, -0.1) is 0 Å². The zero-order valence-corrected chi connectivity index (χ0v) is 12.7. The minimum Gasteiger partial charge on any atom is -0.497 e. The van der Waals surface area contributed by atoms with Crippen LogP contribution in [0.3, 0.4) is 0 Å². The third-order valence-electron chi connectivity index (χ3n) is 3.85. The van der Waals surface area contributed by atoms with Gasteiger partial charge in [-0.1, -0.05) is 19.1 Å². The van der Waals surface area contributed by atoms with Crippen LogP contribution >= 0.6 is 0 Å². The van der Waals surface area contributed by atoms with Crippen molar-refractivity contribution in [3.63, 3.8) is 0 Å². The van der Waals surface area contributed by atoms with E-state index >= 15 is 0 Å². The second-order valence-electron chi connectivity index (χ2n) is 5.40. The Bertz CT molecular complexity index is 461. The molecule has 5 heteroatoms. The molecule has 1 aliphatic heterocycles. The van der Waals surface area contributed by atoms with Gasteiger partial charge in [-0.3, -0.25) is 4.90 Å². The van der Waals surface area contributed by atoms with E-state index in [4.69, 9.17) is 4.74 Å². The number of nitrogens with zero attached hydrogens (tertiary/aromatic N) is 1. The molecule has 0 bridgehead atoms. The number of methoxy groups -OCH3 is 1. The van der Waals surface area contributed by atoms with Crippen LogP contribution in [0.5, 0.6) is 5.75 Å². The molecule has 1 heterocycles. The van der Waals surface area contributed by atoms with Gasteiger partial charge in [0, 0.05) is 6.54 Å². The molecule has 1 aromatic rings. The second-order valence-corrected chi connectivity index (χ2v) is 5.40. The maximum absolute atomic E-state index is 11.7. The van der Waals surface area contributed by atoms with Crippen molar-refractivity contribution < 1.29 is 14.6 Å². The summed E-state index contributed by atoms with van der Waals surface area (Å²) in [5.74, 6) is 0.854. The topological polar surface area (TPSA) is 61.8 Å². The highest BCUT2D eigenvalue weighted by atomic mass is 16.5. The maximum atomic E-state index is 11.7. The van der Waals surface area contributed by atoms with Crippen LogP contribution in [0.1, 0.15) is 31.7 Å². The standard InChI is InChI=1S/C16H24N2O3/c1-3-11-18-15(19)14(17-16(18)20)6-4-5-12-7-9-13(21-2)10-8-12/h7-10,14-15,19H,3-6,11H2,1-2H3,(H,17,20). The number of hydrogen-bond acceptors (Lipinski definition) is 3. The molecule has 0 radical (unpaired) electrons. The van der Waals surface area contributed by atoms with Gasteiger partial charge in [0.15, 0.2) is 6.23 Å². The van der Waals surface area contributed by atoms with Crippen LogP contribution in [0.25, 0.3) is 0 Å². The van der Waals surface area contributed by atoms with Crippen molar-refractivity contribution in [2.24, 2.45) is 0 Å². The summed E-state index contributed by atoms with van der Waals surface area (Å²) in [7, 11) is 1.65. The van der Waals surface area contributed by atoms with E-state index in [-0.39, 0.29) is 12.1 Å². The summed E-state index contributed by atoms with van der Waals surface area (Å²) in [6.07, 6.45) is 2.78. The Balaban J connectivity index is 1.79. The van der Waals surface area contributed by atoms with E-state index in [9.17, 15) is 9.90 Å². The van der Waals surface area contributed by atoms with E-state index in [1.54, 1.807) is 7.11 Å². The number of urea groups is 1. The van der Waals surface area contributed by atoms with Gasteiger partial charge in [0.05, 0.1) is 13.2 Å². The quantitative estimate of drug-likeness (QED) is 0.809. The van der Waals surface area contributed by atoms with Crippen molar-refractivity contribution >= 4 is 6.03 Å². The molecular weight excluding hydrogens is 268 g/mol. The van der Waals surface area contributed by atoms with Gasteiger partial charge in [0.25, 0.3) is 0 Å². The summed E-state index contributed by atoms with van der Waals surface area (Å²) in [4.78, 5) is 13.2. The summed E-state index contributed by atoms with van der Waals surface area (Å²) in [6, 6.07) is 7.67. The van der Waals surface area contributed by atoms with E-state index in [0.717, 1.165) is 31.4 Å². The van der Waals surface area contributed by atoms with Gasteiger partial charge >= 0.3 is 6.03 Å². The average Bonchev–Trinajstić information content (AvgIpc) is 2.76. The molecule has 0 saturated carbocycles. The summed E-state index contributed by atoms with van der Waals surface area (Å²) >= 11 is 0. The Morgan fingerprint density at radius 2 is 2.05 bits per heavy atom. The number of carbonyl (C=O) groups is 1. The number of benzene rings is 1. The maximum Gasteiger partial charge on any atom is 0.319 e. The molecule has 2 atom stereocenters. The monoisotopic (exact) mass is 292 g/mol. The minimum atomic E-state index is -0.701. The summed E-state index contributed by atoms with van der Waals surface area (Å²) in [6.45, 7) is 2.60. The zero-order valence-electron chi connectivity index (χ0n) is 12.7. The van der Waals surface area contributed by atoms with E-state index in [0.29, 0.717) is 6.54 Å². The lowest BCUT2D eigenvalue weighted by molar-refractivity contribution is 0.0390. The predicted octanol–water partition coefficient (Wildman–Crippen LogP) is 2.14. The highest BCUT2D eigenvalue weighted by Gasteiger charge is 2.36. The van der Waals surface area contributed by atoms with Crippen molar-refractivity contribution in [1.29, 1.82) is 0 Å². The molecule has 1 saturated heterocycles. The number of aliphatic hydroxyl groups excluding tert-OH is 1. The van der Waals surface area contributed by atoms with Gasteiger partial charge in [-0.2, -0.15) is 0 Å². The lowest BCUT2D eigenvalue weighted by Gasteiger charge is -2.20. The number of ether oxygens (including phenoxy) is 1. The highest BCUT2D eigenvalue weighted by molar-refractivity contribution is 5.77. The largest absolute Gasteiger partial charge is 0.497 e. The van der Waals surface area contributed by atoms with Crippen LogP contribution in [0.2, 0.25) is 0 Å². The van der Waals surface area contributed by atoms with E-state index in [1.165, 1.54) is 10.5 Å². The minimum absolute atomic E-state index is 0.154. The zero-order chi connectivity index (χ0) is 15.2. The first-order valence-corrected chi connectivity index (χ1v) is 7.54. The third kappa shape index (κ3) is 3.88. The predicted molar refractivity (Wildman–Crippen MR) is 81.3 cm³/mol. The van der Waals surface area contributed by atoms with Crippen LogP contribution in [0.4, 0.5) is 4.79 Å². The van der Waals surface area contributed by atoms with Crippen LogP contribution in [0, 0.1) is 0 Å². The SMILES string of the molecule is CCCN1C(=O)NC(CCCc2ccc(OC)cc2)C1O. The molecule has 5 nitrogen and oxygen atoms in total. The Morgan fingerprint density at radius 1 is 1.33 bits per heavy atom. The Kier molecular flexibility index (Phi) is 5.44. The smallest absolute Gasteiger partial charge is 0.319 e. The Morgan fingerprint density at radius 3 is 2.67 bits per heavy atom. The molecular formula is C16H24N2O3. The molecule has 2 rings (SSSR count). The molecule has 1 aliphatic rings. The molecule has 2 unspecified atom stereocenters. The summed E-state index contributed by atoms with van der Waals surface area (Å²) in [5.41, 5.74) is 1.24. The third-order valence-corrected chi connectivity index (χ3v) is 3.85. The Labute approximate surface area is 125 Å². The molecule has 2 N–H and O–H groups in total. The first kappa shape index (κ1) is 15.6. The second kappa shape index (κ2) is 7.31. The Hall–Kier alpha value is -1.75. The fourth-order valence-electron chi connectivity index (χ4n) is 2.67. The van der Waals surface area contributed by atoms with Gasteiger partial charge in [-0.25, -0.2) is 4.79 Å². The van der Waals surface area contributed by atoms with Crippen molar-refractivity contribution in [1.82, 2.24) is 10.2 Å². The van der Waals surface area contributed by atoms with Gasteiger partial charge in [0.1, 0.15) is 5.75 Å². The van der Waals surface area contributed by atoms with Crippen LogP contribution in [0.15, 0.2) is 24.3 Å². The number of rotatable bonds is 7. The first-order chi connectivity index (χ1) is 10.2. The molecule has 2 amide bonds. The van der Waals surface area contributed by atoms with Crippen LogP contribution in [-0.2, 0) is 6.42 Å². The number of nitrogens with one attached hydrogen (secondary N) is 1. The molecule has 0 aromatic heterocycles. The fourth-order valence-corrected chi connectivity index (χ4v) is 2.67. The van der Waals surface area contributed by atoms with Gasteiger partial charge in [0.2, 0.25) is 0 Å². The fraction of sp³-hybridized carbons (Fsp3) is 0.562. The van der Waals surface area contributed by atoms with Crippen molar-refractivity contribution in [2.45, 2.75) is 44.9 Å². The lowest BCUT2D eigenvalue weighted by Crippen LogP contribution is -2.37. The molecule has 0 aliphatic carbocycles. The number of aryl methyl sites for hydroxylation is 1. The number of hydrogen-bond donors (Lipinski definition) is 2. The molecule has 21 heavy (non-hydrogen) atoms. The van der Waals surface area contributed by atoms with E-state index < -0.39 is 6.23 Å². The number of carbonyl (C=O) groups excluding carboxylic acids is 1. The van der Waals surface area contributed by atoms with E-state index in [2.05, 4.69) is 5.32 Å². The van der Waals surface area contributed by atoms with Crippen molar-refractivity contribution in [3.8, 4) is 5.75 Å². The number of aliphatic hydroxyl groups is 1. The lowest BCUT2D eigenvalue weighted by atomic mass is 10.0. The normalized spacial score (nSPS) is 21.5. The van der Waals surface area contributed by atoms with Crippen molar-refractivity contribution in [3.05, 3.63) is 29.8 Å². The van der Waals surface area contributed by atoms with Crippen LogP contribution in [-0.4, -0.2) is 42.0 Å². The number of amides is 2. The molecule has 1 fully saturated rings. The average molecular weight is 292 g/mol. The summed E-state index contributed by atoms with van der Waals surface area (Å²) < 4.78 is 5.13. The molecule has 0 spiro atoms. The highest BCUT2D eigenvalue weighted by Crippen LogP contribution is 2.18. The van der Waals surface area contributed by atoms with Gasteiger partial charge in [-0.05, 0) is 43.4 Å². The molecule has 1 aromatic carbocycles. The van der Waals surface area contributed by atoms with Crippen molar-refractivity contribution in [2.75, 3.05) is 13.7 Å². The molecule has 116 valence electrons. The van der Waals surface area contributed by atoms with E-state index in [1.807, 2.05) is 31.2 Å². The van der Waals surface area contributed by atoms with Gasteiger partial charge < -0.3 is 15.2 Å².